The molecule has 1 aromatic heterocycles. The third-order valence-corrected chi connectivity index (χ3v) is 3.80. The van der Waals surface area contributed by atoms with E-state index in [2.05, 4.69) is 26.2 Å². The molecule has 0 bridgehead atoms. The summed E-state index contributed by atoms with van der Waals surface area (Å²) in [5.41, 5.74) is 0. The third kappa shape index (κ3) is 3.95. The largest absolute Gasteiger partial charge is 0.368 e. The Kier molecular flexibility index (Phi) is 4.77. The maximum atomic E-state index is 13.4. The van der Waals surface area contributed by atoms with Crippen molar-refractivity contribution in [2.24, 2.45) is 5.92 Å². The van der Waals surface area contributed by atoms with Gasteiger partial charge in [-0.2, -0.15) is 0 Å². The first-order valence-corrected chi connectivity index (χ1v) is 7.10. The van der Waals surface area contributed by atoms with Gasteiger partial charge in [-0.15, -0.1) is 0 Å². The summed E-state index contributed by atoms with van der Waals surface area (Å²) in [6.07, 6.45) is 9.51. The Labute approximate surface area is 110 Å². The molecule has 1 aromatic rings. The van der Waals surface area contributed by atoms with Gasteiger partial charge in [0.05, 0.1) is 0 Å². The van der Waals surface area contributed by atoms with E-state index in [0.29, 0.717) is 10.3 Å². The molecule has 94 valence electrons. The van der Waals surface area contributed by atoms with Gasteiger partial charge in [-0.05, 0) is 40.8 Å². The van der Waals surface area contributed by atoms with Crippen LogP contribution in [-0.2, 0) is 0 Å². The average molecular weight is 301 g/mol. The summed E-state index contributed by atoms with van der Waals surface area (Å²) in [6.45, 7) is 0.808. The van der Waals surface area contributed by atoms with Crippen LogP contribution < -0.4 is 5.32 Å². The number of pyridine rings is 1. The third-order valence-electron chi connectivity index (χ3n) is 3.36. The quantitative estimate of drug-likeness (QED) is 0.817. The number of nitrogens with one attached hydrogen (secondary N) is 1. The molecular weight excluding hydrogens is 283 g/mol. The number of nitrogens with zero attached hydrogens (tertiary/aromatic N) is 1. The highest BCUT2D eigenvalue weighted by Gasteiger charge is 2.14. The lowest BCUT2D eigenvalue weighted by atomic mass is 10.0. The molecule has 0 atom stereocenters. The molecule has 0 unspecified atom stereocenters. The highest BCUT2D eigenvalue weighted by molar-refractivity contribution is 9.10. The van der Waals surface area contributed by atoms with E-state index < -0.39 is 0 Å². The van der Waals surface area contributed by atoms with Gasteiger partial charge in [-0.1, -0.05) is 25.7 Å². The Morgan fingerprint density at radius 1 is 1.41 bits per heavy atom. The van der Waals surface area contributed by atoms with Gasteiger partial charge < -0.3 is 5.32 Å². The Hall–Kier alpha value is -0.640. The molecular formula is C13H18BrFN2. The first-order chi connectivity index (χ1) is 8.25. The van der Waals surface area contributed by atoms with Gasteiger partial charge in [-0.25, -0.2) is 9.37 Å². The van der Waals surface area contributed by atoms with Crippen molar-refractivity contribution >= 4 is 21.7 Å². The number of halogens is 2. The molecule has 1 heterocycles. The maximum Gasteiger partial charge on any atom is 0.166 e. The predicted molar refractivity (Wildman–Crippen MR) is 71.6 cm³/mol. The minimum Gasteiger partial charge on any atom is -0.368 e. The highest BCUT2D eigenvalue weighted by atomic mass is 79.9. The molecule has 4 heteroatoms. The van der Waals surface area contributed by atoms with Crippen molar-refractivity contribution in [3.05, 3.63) is 22.6 Å². The van der Waals surface area contributed by atoms with Gasteiger partial charge >= 0.3 is 0 Å². The Morgan fingerprint density at radius 3 is 2.88 bits per heavy atom. The molecule has 1 aliphatic rings. The lowest BCUT2D eigenvalue weighted by molar-refractivity contribution is 0.490. The zero-order chi connectivity index (χ0) is 12.1. The van der Waals surface area contributed by atoms with Crippen LogP contribution in [0.4, 0.5) is 10.2 Å². The molecule has 0 aliphatic heterocycles. The standard InChI is InChI=1S/C13H18BrFN2/c14-11-8-12(15)13(17-9-11)16-7-3-6-10-4-1-2-5-10/h8-10H,1-7H2,(H,16,17). The number of hydrogen-bond acceptors (Lipinski definition) is 2. The second-order valence-corrected chi connectivity index (χ2v) is 5.62. The summed E-state index contributed by atoms with van der Waals surface area (Å²) < 4.78 is 14.1. The monoisotopic (exact) mass is 300 g/mol. The van der Waals surface area contributed by atoms with Gasteiger partial charge in [0.1, 0.15) is 0 Å². The normalized spacial score (nSPS) is 16.4. The lowest BCUT2D eigenvalue weighted by Crippen LogP contribution is -2.07. The van der Waals surface area contributed by atoms with Crippen molar-refractivity contribution in [1.29, 1.82) is 0 Å². The SMILES string of the molecule is Fc1cc(Br)cnc1NCCCC1CCCC1. The van der Waals surface area contributed by atoms with Crippen molar-refractivity contribution in [2.75, 3.05) is 11.9 Å². The number of hydrogen-bond donors (Lipinski definition) is 1. The van der Waals surface area contributed by atoms with E-state index in [0.717, 1.165) is 18.9 Å². The van der Waals surface area contributed by atoms with Crippen LogP contribution in [0.1, 0.15) is 38.5 Å². The molecule has 0 amide bonds. The van der Waals surface area contributed by atoms with E-state index >= 15 is 0 Å². The summed E-state index contributed by atoms with van der Waals surface area (Å²) in [5.74, 6) is 0.972. The molecule has 1 saturated carbocycles. The maximum absolute atomic E-state index is 13.4. The van der Waals surface area contributed by atoms with Gasteiger partial charge in [-0.3, -0.25) is 0 Å². The Morgan fingerprint density at radius 2 is 2.18 bits per heavy atom. The van der Waals surface area contributed by atoms with Crippen LogP contribution in [0.2, 0.25) is 0 Å². The van der Waals surface area contributed by atoms with Gasteiger partial charge in [0, 0.05) is 17.2 Å². The summed E-state index contributed by atoms with van der Waals surface area (Å²) in [5, 5.41) is 3.06. The van der Waals surface area contributed by atoms with Crippen LogP contribution in [0, 0.1) is 11.7 Å². The smallest absolute Gasteiger partial charge is 0.166 e. The van der Waals surface area contributed by atoms with Crippen molar-refractivity contribution in [1.82, 2.24) is 4.98 Å². The van der Waals surface area contributed by atoms with Crippen LogP contribution in [-0.4, -0.2) is 11.5 Å². The van der Waals surface area contributed by atoms with E-state index in [9.17, 15) is 4.39 Å². The zero-order valence-corrected chi connectivity index (χ0v) is 11.5. The fourth-order valence-corrected chi connectivity index (χ4v) is 2.74. The summed E-state index contributed by atoms with van der Waals surface area (Å²) in [7, 11) is 0. The first-order valence-electron chi connectivity index (χ1n) is 6.30. The van der Waals surface area contributed by atoms with Crippen LogP contribution in [0.3, 0.4) is 0 Å². The van der Waals surface area contributed by atoms with Crippen molar-refractivity contribution < 1.29 is 4.39 Å². The highest BCUT2D eigenvalue weighted by Crippen LogP contribution is 2.28. The van der Waals surface area contributed by atoms with E-state index in [1.54, 1.807) is 6.20 Å². The van der Waals surface area contributed by atoms with Crippen LogP contribution in [0.15, 0.2) is 16.7 Å². The van der Waals surface area contributed by atoms with Gasteiger partial charge in [0.2, 0.25) is 0 Å². The average Bonchev–Trinajstić information content (AvgIpc) is 2.79. The molecule has 0 saturated heterocycles. The minimum absolute atomic E-state index is 0.291. The Balaban J connectivity index is 1.70. The van der Waals surface area contributed by atoms with E-state index in [1.807, 2.05) is 0 Å². The fourth-order valence-electron chi connectivity index (χ4n) is 2.44. The minimum atomic E-state index is -0.291. The molecule has 0 radical (unpaired) electrons. The zero-order valence-electron chi connectivity index (χ0n) is 9.88. The van der Waals surface area contributed by atoms with Crippen LogP contribution in [0.5, 0.6) is 0 Å². The second-order valence-electron chi connectivity index (χ2n) is 4.70. The van der Waals surface area contributed by atoms with E-state index in [4.69, 9.17) is 0 Å². The van der Waals surface area contributed by atoms with Crippen LogP contribution in [0.25, 0.3) is 0 Å². The molecule has 0 aromatic carbocycles. The van der Waals surface area contributed by atoms with Gasteiger partial charge in [0.25, 0.3) is 0 Å². The predicted octanol–water partition coefficient (Wildman–Crippen LogP) is 4.37. The van der Waals surface area contributed by atoms with E-state index in [1.165, 1.54) is 38.2 Å². The Bertz CT molecular complexity index is 364. The van der Waals surface area contributed by atoms with Crippen molar-refractivity contribution in [2.45, 2.75) is 38.5 Å². The number of anilines is 1. The van der Waals surface area contributed by atoms with Crippen molar-refractivity contribution in [3.63, 3.8) is 0 Å². The topological polar surface area (TPSA) is 24.9 Å². The number of rotatable bonds is 5. The fraction of sp³-hybridized carbons (Fsp3) is 0.615. The summed E-state index contributed by atoms with van der Waals surface area (Å²) >= 11 is 3.19. The van der Waals surface area contributed by atoms with E-state index in [-0.39, 0.29) is 5.82 Å². The molecule has 2 rings (SSSR count). The molecule has 1 fully saturated rings. The molecule has 17 heavy (non-hydrogen) atoms. The molecule has 0 spiro atoms. The first kappa shape index (κ1) is 12.8. The van der Waals surface area contributed by atoms with Gasteiger partial charge in [0.15, 0.2) is 11.6 Å². The molecule has 2 nitrogen and oxygen atoms in total. The molecule has 1 N–H and O–H groups in total. The van der Waals surface area contributed by atoms with Crippen LogP contribution >= 0.6 is 15.9 Å². The van der Waals surface area contributed by atoms with Crippen molar-refractivity contribution in [3.8, 4) is 0 Å². The lowest BCUT2D eigenvalue weighted by Gasteiger charge is -2.10. The summed E-state index contributed by atoms with van der Waals surface area (Å²) in [6, 6.07) is 1.44. The second kappa shape index (κ2) is 6.34. The summed E-state index contributed by atoms with van der Waals surface area (Å²) in [4.78, 5) is 4.01. The molecule has 1 aliphatic carbocycles. The number of aromatic nitrogens is 1.